The largest absolute Gasteiger partial charge is 0.457 e. The van der Waals surface area contributed by atoms with Crippen molar-refractivity contribution in [3.8, 4) is 11.5 Å². The smallest absolute Gasteiger partial charge is 0.410 e. The van der Waals surface area contributed by atoms with Crippen LogP contribution in [0.1, 0.15) is 52.5 Å². The summed E-state index contributed by atoms with van der Waals surface area (Å²) in [6.07, 6.45) is 1.78. The van der Waals surface area contributed by atoms with Crippen molar-refractivity contribution in [3.05, 3.63) is 60.2 Å². The molecule has 38 heavy (non-hydrogen) atoms. The van der Waals surface area contributed by atoms with Gasteiger partial charge < -0.3 is 19.1 Å². The predicted molar refractivity (Wildman–Crippen MR) is 149 cm³/mol. The summed E-state index contributed by atoms with van der Waals surface area (Å²) < 4.78 is 16.9. The van der Waals surface area contributed by atoms with Crippen LogP contribution in [0.3, 0.4) is 0 Å². The lowest BCUT2D eigenvalue weighted by Gasteiger charge is -2.39. The summed E-state index contributed by atoms with van der Waals surface area (Å²) in [4.78, 5) is 14.5. The van der Waals surface area contributed by atoms with Crippen LogP contribution in [0.2, 0.25) is 0 Å². The minimum atomic E-state index is -1.20. The van der Waals surface area contributed by atoms with Crippen LogP contribution < -0.4 is 21.7 Å². The number of nitrogens with zero attached hydrogens (tertiary/aromatic N) is 3. The molecular weight excluding hydrogens is 484 g/mol. The summed E-state index contributed by atoms with van der Waals surface area (Å²) in [6, 6.07) is 17.4. The Hall–Kier alpha value is -3.18. The molecule has 1 aliphatic rings. The summed E-state index contributed by atoms with van der Waals surface area (Å²) in [5.74, 6) is 5.95. The number of carbonyl (C=O) groups excluding carboxylic acids is 1. The normalized spacial score (nSPS) is 18.0. The van der Waals surface area contributed by atoms with Gasteiger partial charge in [-0.3, -0.25) is 16.6 Å². The predicted octanol–water partition coefficient (Wildman–Crippen LogP) is 4.02. The molecule has 0 radical (unpaired) electrons. The van der Waals surface area contributed by atoms with Crippen LogP contribution in [0.5, 0.6) is 11.5 Å². The number of para-hydroxylation sites is 1. The second-order valence-electron chi connectivity index (χ2n) is 10.5. The molecule has 2 atom stereocenters. The van der Waals surface area contributed by atoms with Gasteiger partial charge in [0.15, 0.2) is 5.85 Å². The first kappa shape index (κ1) is 29.4. The molecule has 2 aromatic carbocycles. The van der Waals surface area contributed by atoms with Gasteiger partial charge in [0.2, 0.25) is 0 Å². The van der Waals surface area contributed by atoms with Crippen molar-refractivity contribution in [2.24, 2.45) is 16.7 Å². The second kappa shape index (κ2) is 13.1. The van der Waals surface area contributed by atoms with Gasteiger partial charge in [0.05, 0.1) is 11.8 Å². The molecule has 0 spiro atoms. The topological polar surface area (TPSA) is 128 Å². The Morgan fingerprint density at radius 1 is 1.13 bits per heavy atom. The molecule has 0 bridgehead atoms. The van der Waals surface area contributed by atoms with Crippen LogP contribution in [0, 0.1) is 0 Å². The van der Waals surface area contributed by atoms with Gasteiger partial charge in [-0.15, -0.1) is 0 Å². The summed E-state index contributed by atoms with van der Waals surface area (Å²) in [5.41, 5.74) is 9.97. The van der Waals surface area contributed by atoms with Gasteiger partial charge in [0.25, 0.3) is 0 Å². The number of hydrogen-bond acceptors (Lipinski definition) is 9. The molecule has 208 valence electrons. The third-order valence-electron chi connectivity index (χ3n) is 6.32. The second-order valence-corrected chi connectivity index (χ2v) is 10.5. The molecule has 5 N–H and O–H groups in total. The van der Waals surface area contributed by atoms with Gasteiger partial charge in [-0.25, -0.2) is 10.2 Å². The minimum Gasteiger partial charge on any atom is -0.457 e. The quantitative estimate of drug-likeness (QED) is 0.183. The number of nitrogens with one attached hydrogen (secondary N) is 1. The van der Waals surface area contributed by atoms with Crippen molar-refractivity contribution in [2.45, 2.75) is 64.4 Å². The van der Waals surface area contributed by atoms with E-state index in [1.165, 1.54) is 7.11 Å². The first-order chi connectivity index (χ1) is 18.0. The number of piperidine rings is 1. The van der Waals surface area contributed by atoms with Crippen LogP contribution >= 0.6 is 0 Å². The molecule has 1 amide bonds. The fourth-order valence-corrected chi connectivity index (χ4v) is 4.16. The van der Waals surface area contributed by atoms with Gasteiger partial charge in [-0.2, -0.15) is 5.10 Å². The van der Waals surface area contributed by atoms with Gasteiger partial charge >= 0.3 is 6.09 Å². The number of hydrazine groups is 1. The van der Waals surface area contributed by atoms with Crippen LogP contribution in [-0.2, 0) is 9.47 Å². The van der Waals surface area contributed by atoms with Gasteiger partial charge in [0, 0.05) is 33.2 Å². The number of likely N-dealkylation sites (tertiary alicyclic amines) is 1. The Morgan fingerprint density at radius 3 is 2.39 bits per heavy atom. The van der Waals surface area contributed by atoms with E-state index in [2.05, 4.69) is 5.43 Å². The fourth-order valence-electron chi connectivity index (χ4n) is 4.16. The average Bonchev–Trinajstić information content (AvgIpc) is 2.91. The molecule has 1 unspecified atom stereocenters. The summed E-state index contributed by atoms with van der Waals surface area (Å²) in [5, 5.41) is 6.96. The molecule has 0 saturated carbocycles. The van der Waals surface area contributed by atoms with Crippen molar-refractivity contribution in [3.63, 3.8) is 0 Å². The minimum absolute atomic E-state index is 0.0224. The van der Waals surface area contributed by atoms with E-state index in [-0.39, 0.29) is 12.1 Å². The zero-order chi connectivity index (χ0) is 27.8. The zero-order valence-electron chi connectivity index (χ0n) is 23.1. The van der Waals surface area contributed by atoms with Gasteiger partial charge in [-0.1, -0.05) is 18.2 Å². The standard InChI is InChI=1S/C28H42N6O4/c1-21(22-13-15-25(16-14-22)37-24-11-7-6-8-12-24)31-34(19-17-28(29,32-30)36-5)23-10-9-18-33(20-23)26(35)38-27(2,3)4/h6-8,11-16,23,32H,9-10,17-20,29-30H2,1-5H3/b31-21+/t23-,28?/m1/s1. The third-order valence-corrected chi connectivity index (χ3v) is 6.32. The molecule has 0 aromatic heterocycles. The molecule has 0 aliphatic carbocycles. The molecule has 10 heteroatoms. The molecule has 1 fully saturated rings. The van der Waals surface area contributed by atoms with E-state index in [4.69, 9.17) is 30.9 Å². The van der Waals surface area contributed by atoms with Crippen LogP contribution in [0.4, 0.5) is 4.79 Å². The van der Waals surface area contributed by atoms with Crippen LogP contribution in [-0.4, -0.2) is 65.9 Å². The Morgan fingerprint density at radius 2 is 1.79 bits per heavy atom. The van der Waals surface area contributed by atoms with Gasteiger partial charge in [-0.05, 0) is 82.5 Å². The average molecular weight is 527 g/mol. The van der Waals surface area contributed by atoms with Crippen molar-refractivity contribution in [1.82, 2.24) is 15.3 Å². The van der Waals surface area contributed by atoms with E-state index in [9.17, 15) is 4.79 Å². The van der Waals surface area contributed by atoms with Crippen molar-refractivity contribution < 1.29 is 19.0 Å². The number of benzene rings is 2. The number of hydrazone groups is 1. The molecule has 2 aromatic rings. The Balaban J connectivity index is 1.78. The van der Waals surface area contributed by atoms with Crippen LogP contribution in [0.25, 0.3) is 0 Å². The van der Waals surface area contributed by atoms with E-state index in [0.29, 0.717) is 26.1 Å². The highest BCUT2D eigenvalue weighted by Gasteiger charge is 2.32. The zero-order valence-corrected chi connectivity index (χ0v) is 23.1. The van der Waals surface area contributed by atoms with Crippen molar-refractivity contribution in [2.75, 3.05) is 26.7 Å². The number of carbonyl (C=O) groups is 1. The first-order valence-electron chi connectivity index (χ1n) is 13.0. The number of ether oxygens (including phenoxy) is 3. The first-order valence-corrected chi connectivity index (χ1v) is 13.0. The Kier molecular flexibility index (Phi) is 10.1. The summed E-state index contributed by atoms with van der Waals surface area (Å²) in [6.45, 7) is 9.18. The van der Waals surface area contributed by atoms with E-state index in [0.717, 1.165) is 35.6 Å². The highest BCUT2D eigenvalue weighted by molar-refractivity contribution is 5.98. The van der Waals surface area contributed by atoms with Gasteiger partial charge in [0.1, 0.15) is 17.1 Å². The molecule has 3 rings (SSSR count). The Bertz CT molecular complexity index is 1050. The van der Waals surface area contributed by atoms with E-state index < -0.39 is 11.4 Å². The fraction of sp³-hybridized carbons (Fsp3) is 0.500. The number of methoxy groups -OCH3 is 1. The maximum absolute atomic E-state index is 12.8. The van der Waals surface area contributed by atoms with Crippen molar-refractivity contribution >= 4 is 11.8 Å². The molecule has 1 heterocycles. The van der Waals surface area contributed by atoms with E-state index >= 15 is 0 Å². The number of hydrogen-bond donors (Lipinski definition) is 3. The maximum Gasteiger partial charge on any atom is 0.410 e. The monoisotopic (exact) mass is 526 g/mol. The summed E-state index contributed by atoms with van der Waals surface area (Å²) >= 11 is 0. The van der Waals surface area contributed by atoms with Crippen molar-refractivity contribution in [1.29, 1.82) is 0 Å². The molecular formula is C28H42N6O4. The van der Waals surface area contributed by atoms with E-state index in [1.807, 2.05) is 87.3 Å². The number of rotatable bonds is 10. The lowest BCUT2D eigenvalue weighted by molar-refractivity contribution is -0.0515. The maximum atomic E-state index is 12.8. The highest BCUT2D eigenvalue weighted by Crippen LogP contribution is 2.23. The molecule has 10 nitrogen and oxygen atoms in total. The Labute approximate surface area is 225 Å². The summed E-state index contributed by atoms with van der Waals surface area (Å²) in [7, 11) is 1.50. The molecule has 1 aliphatic heterocycles. The lowest BCUT2D eigenvalue weighted by atomic mass is 10.0. The van der Waals surface area contributed by atoms with Crippen LogP contribution in [0.15, 0.2) is 59.7 Å². The number of amides is 1. The number of nitrogens with two attached hydrogens (primary N) is 2. The molecule has 1 saturated heterocycles. The SMILES string of the molecule is COC(N)(CCN(/N=C(\C)c1ccc(Oc2ccccc2)cc1)[C@@H]1CCCN(C(=O)OC(C)(C)C)C1)NN. The third kappa shape index (κ3) is 8.70. The van der Waals surface area contributed by atoms with E-state index in [1.54, 1.807) is 4.90 Å². The highest BCUT2D eigenvalue weighted by atomic mass is 16.6. The lowest BCUT2D eigenvalue weighted by Crippen LogP contribution is -2.60.